The Labute approximate surface area is 145 Å². The van der Waals surface area contributed by atoms with Crippen LogP contribution < -0.4 is 4.74 Å². The van der Waals surface area contributed by atoms with E-state index in [0.29, 0.717) is 19.6 Å². The van der Waals surface area contributed by atoms with Gasteiger partial charge in [-0.2, -0.15) is 4.39 Å². The lowest BCUT2D eigenvalue weighted by Crippen LogP contribution is -2.03. The van der Waals surface area contributed by atoms with Crippen LogP contribution in [0.5, 0.6) is 11.8 Å². The molecule has 3 rings (SSSR count). The van der Waals surface area contributed by atoms with Gasteiger partial charge in [-0.25, -0.2) is 14.9 Å². The van der Waals surface area contributed by atoms with E-state index in [1.54, 1.807) is 0 Å². The minimum Gasteiger partial charge on any atom is -0.476 e. The summed E-state index contributed by atoms with van der Waals surface area (Å²) in [7, 11) is 0. The minimum absolute atomic E-state index is 0.181. The van der Waals surface area contributed by atoms with Crippen LogP contribution >= 0.6 is 11.6 Å². The molecule has 0 unspecified atom stereocenters. The van der Waals surface area contributed by atoms with Crippen LogP contribution in [-0.4, -0.2) is 44.7 Å². The third-order valence-electron chi connectivity index (χ3n) is 3.17. The summed E-state index contributed by atoms with van der Waals surface area (Å²) in [6, 6.07) is 0. The Morgan fingerprint density at radius 3 is 3.04 bits per heavy atom. The molecule has 2 aromatic rings. The molecule has 25 heavy (non-hydrogen) atoms. The standard InChI is InChI=1S/C15H10ClFN4O4/c16-10-9(2-1-8-3-5-24-6-4-8)7-18-13(11(10)17)25-14-12(15(22)23)19-21-20-14/h3,7H,4-6H2,(H,22,23)(H,19,20,21). The van der Waals surface area contributed by atoms with Crippen molar-refractivity contribution in [2.45, 2.75) is 6.42 Å². The molecule has 1 aliphatic rings. The third-order valence-corrected chi connectivity index (χ3v) is 3.54. The van der Waals surface area contributed by atoms with Gasteiger partial charge in [-0.3, -0.25) is 0 Å². The van der Waals surface area contributed by atoms with Gasteiger partial charge in [-0.1, -0.05) is 28.7 Å². The summed E-state index contributed by atoms with van der Waals surface area (Å²) in [5.41, 5.74) is 0.547. The number of nitrogens with one attached hydrogen (secondary N) is 1. The topological polar surface area (TPSA) is 110 Å². The predicted molar refractivity (Wildman–Crippen MR) is 83.0 cm³/mol. The number of pyridine rings is 1. The van der Waals surface area contributed by atoms with E-state index in [1.807, 2.05) is 6.08 Å². The summed E-state index contributed by atoms with van der Waals surface area (Å²) in [5.74, 6) is 2.40. The maximum Gasteiger partial charge on any atom is 0.362 e. The number of ether oxygens (including phenoxy) is 2. The van der Waals surface area contributed by atoms with Crippen molar-refractivity contribution in [2.75, 3.05) is 13.2 Å². The summed E-state index contributed by atoms with van der Waals surface area (Å²) >= 11 is 5.96. The summed E-state index contributed by atoms with van der Waals surface area (Å²) < 4.78 is 24.6. The Morgan fingerprint density at radius 2 is 2.32 bits per heavy atom. The molecule has 10 heteroatoms. The first-order valence-corrected chi connectivity index (χ1v) is 7.39. The van der Waals surface area contributed by atoms with Crippen LogP contribution in [0.1, 0.15) is 22.5 Å². The Bertz CT molecular complexity index is 916. The first-order valence-electron chi connectivity index (χ1n) is 7.01. The SMILES string of the molecule is O=C(O)c1nn[nH]c1Oc1ncc(C#CC2=CCOCC2)c(Cl)c1F. The second kappa shape index (κ2) is 7.29. The molecule has 0 spiro atoms. The Morgan fingerprint density at radius 1 is 1.48 bits per heavy atom. The van der Waals surface area contributed by atoms with Crippen LogP contribution in [-0.2, 0) is 4.74 Å². The highest BCUT2D eigenvalue weighted by Gasteiger charge is 2.21. The van der Waals surface area contributed by atoms with E-state index in [1.165, 1.54) is 6.20 Å². The van der Waals surface area contributed by atoms with Gasteiger partial charge >= 0.3 is 5.97 Å². The highest BCUT2D eigenvalue weighted by Crippen LogP contribution is 2.29. The second-order valence-electron chi connectivity index (χ2n) is 4.81. The maximum absolute atomic E-state index is 14.3. The van der Waals surface area contributed by atoms with Crippen molar-refractivity contribution < 1.29 is 23.8 Å². The zero-order valence-electron chi connectivity index (χ0n) is 12.5. The van der Waals surface area contributed by atoms with E-state index in [0.717, 1.165) is 5.57 Å². The van der Waals surface area contributed by atoms with Crippen molar-refractivity contribution >= 4 is 17.6 Å². The van der Waals surface area contributed by atoms with E-state index in [-0.39, 0.29) is 16.5 Å². The van der Waals surface area contributed by atoms with Gasteiger partial charge in [-0.15, -0.1) is 5.10 Å². The molecule has 0 amide bonds. The fraction of sp³-hybridized carbons (Fsp3) is 0.200. The van der Waals surface area contributed by atoms with Crippen LogP contribution in [0.4, 0.5) is 4.39 Å². The number of aromatic amines is 1. The molecule has 0 radical (unpaired) electrons. The predicted octanol–water partition coefficient (Wildman–Crippen LogP) is 2.18. The van der Waals surface area contributed by atoms with Crippen molar-refractivity contribution in [2.24, 2.45) is 0 Å². The van der Waals surface area contributed by atoms with Crippen molar-refractivity contribution in [1.82, 2.24) is 20.4 Å². The minimum atomic E-state index is -1.39. The van der Waals surface area contributed by atoms with Crippen LogP contribution in [0, 0.1) is 17.7 Å². The number of halogens is 2. The number of rotatable bonds is 3. The molecule has 0 bridgehead atoms. The number of carboxylic acids is 1. The molecular weight excluding hydrogens is 355 g/mol. The molecule has 2 N–H and O–H groups in total. The first kappa shape index (κ1) is 16.9. The van der Waals surface area contributed by atoms with E-state index >= 15 is 0 Å². The smallest absolute Gasteiger partial charge is 0.362 e. The summed E-state index contributed by atoms with van der Waals surface area (Å²) in [6.07, 6.45) is 3.74. The Kier molecular flexibility index (Phi) is 4.92. The summed E-state index contributed by atoms with van der Waals surface area (Å²) in [5, 5.41) is 17.4. The molecular formula is C15H10ClFN4O4. The number of carbonyl (C=O) groups is 1. The number of hydrogen-bond acceptors (Lipinski definition) is 6. The zero-order valence-corrected chi connectivity index (χ0v) is 13.3. The van der Waals surface area contributed by atoms with Crippen LogP contribution in [0.15, 0.2) is 17.8 Å². The molecule has 0 saturated heterocycles. The molecule has 0 fully saturated rings. The van der Waals surface area contributed by atoms with Crippen LogP contribution in [0.25, 0.3) is 0 Å². The van der Waals surface area contributed by atoms with Crippen LogP contribution in [0.3, 0.4) is 0 Å². The monoisotopic (exact) mass is 364 g/mol. The quantitative estimate of drug-likeness (QED) is 0.803. The van der Waals surface area contributed by atoms with E-state index in [9.17, 15) is 9.18 Å². The fourth-order valence-corrected chi connectivity index (χ4v) is 2.10. The average molecular weight is 365 g/mol. The van der Waals surface area contributed by atoms with Gasteiger partial charge in [0.05, 0.1) is 23.8 Å². The van der Waals surface area contributed by atoms with Crippen molar-refractivity contribution in [3.05, 3.63) is 39.9 Å². The third kappa shape index (κ3) is 3.76. The Hall–Kier alpha value is -2.96. The lowest BCUT2D eigenvalue weighted by Gasteiger charge is -2.08. The number of hydrogen-bond donors (Lipinski definition) is 2. The number of carboxylic acid groups (broad SMARTS) is 1. The van der Waals surface area contributed by atoms with Crippen molar-refractivity contribution in [1.29, 1.82) is 0 Å². The molecule has 128 valence electrons. The van der Waals surface area contributed by atoms with Gasteiger partial charge in [0, 0.05) is 18.2 Å². The van der Waals surface area contributed by atoms with Gasteiger partial charge in [0.15, 0.2) is 0 Å². The van der Waals surface area contributed by atoms with Gasteiger partial charge in [0.25, 0.3) is 11.8 Å². The van der Waals surface area contributed by atoms with E-state index < -0.39 is 23.4 Å². The number of H-pyrrole nitrogens is 1. The largest absolute Gasteiger partial charge is 0.476 e. The van der Waals surface area contributed by atoms with E-state index in [4.69, 9.17) is 26.2 Å². The lowest BCUT2D eigenvalue weighted by atomic mass is 10.1. The molecule has 8 nitrogen and oxygen atoms in total. The van der Waals surface area contributed by atoms with E-state index in [2.05, 4.69) is 32.2 Å². The van der Waals surface area contributed by atoms with Crippen molar-refractivity contribution in [3.63, 3.8) is 0 Å². The van der Waals surface area contributed by atoms with Gasteiger partial charge < -0.3 is 14.6 Å². The second-order valence-corrected chi connectivity index (χ2v) is 5.18. The molecule has 0 aromatic carbocycles. The molecule has 2 aromatic heterocycles. The van der Waals surface area contributed by atoms with Crippen LogP contribution in [0.2, 0.25) is 5.02 Å². The zero-order chi connectivity index (χ0) is 17.8. The summed E-state index contributed by atoms with van der Waals surface area (Å²) in [4.78, 5) is 14.7. The number of aromatic carboxylic acids is 1. The van der Waals surface area contributed by atoms with Gasteiger partial charge in [-0.05, 0) is 6.08 Å². The highest BCUT2D eigenvalue weighted by atomic mass is 35.5. The van der Waals surface area contributed by atoms with Gasteiger partial charge in [0.2, 0.25) is 11.5 Å². The lowest BCUT2D eigenvalue weighted by molar-refractivity contribution is 0.0687. The first-order chi connectivity index (χ1) is 12.1. The van der Waals surface area contributed by atoms with Gasteiger partial charge in [0.1, 0.15) is 0 Å². The molecule has 0 atom stereocenters. The van der Waals surface area contributed by atoms with Crippen molar-refractivity contribution in [3.8, 4) is 23.6 Å². The molecule has 3 heterocycles. The average Bonchev–Trinajstić information content (AvgIpc) is 3.08. The highest BCUT2D eigenvalue weighted by molar-refractivity contribution is 6.32. The molecule has 0 aliphatic carbocycles. The summed E-state index contributed by atoms with van der Waals surface area (Å²) in [6.45, 7) is 1.07. The fourth-order valence-electron chi connectivity index (χ4n) is 1.92. The maximum atomic E-state index is 14.3. The number of nitrogens with zero attached hydrogens (tertiary/aromatic N) is 3. The Balaban J connectivity index is 1.85. The number of aromatic nitrogens is 4. The molecule has 1 aliphatic heterocycles. The normalized spacial score (nSPS) is 13.6. The molecule has 0 saturated carbocycles.